The smallest absolute Gasteiger partial charge is 0.317 e. The summed E-state index contributed by atoms with van der Waals surface area (Å²) in [5.41, 5.74) is 0.958. The fraction of sp³-hybridized carbons (Fsp3) is 0.556. The number of methoxy groups -OCH3 is 1. The van der Waals surface area contributed by atoms with E-state index in [0.29, 0.717) is 39.3 Å². The number of nitrogens with zero attached hydrogens (tertiary/aromatic N) is 2. The van der Waals surface area contributed by atoms with Gasteiger partial charge in [0.05, 0.1) is 13.7 Å². The lowest BCUT2D eigenvalue weighted by Gasteiger charge is -2.35. The molecule has 0 aromatic heterocycles. The molecule has 1 atom stereocenters. The molecule has 1 fully saturated rings. The maximum atomic E-state index is 12.5. The lowest BCUT2D eigenvalue weighted by atomic mass is 10.2. The maximum absolute atomic E-state index is 12.5. The third kappa shape index (κ3) is 5.35. The highest BCUT2D eigenvalue weighted by molar-refractivity contribution is 5.81. The largest absolute Gasteiger partial charge is 0.497 e. The van der Waals surface area contributed by atoms with Crippen LogP contribution in [0.2, 0.25) is 0 Å². The second-order valence-electron chi connectivity index (χ2n) is 5.95. The van der Waals surface area contributed by atoms with Gasteiger partial charge in [0.1, 0.15) is 11.9 Å². The molecule has 7 heteroatoms. The van der Waals surface area contributed by atoms with Crippen LogP contribution >= 0.6 is 0 Å². The van der Waals surface area contributed by atoms with Gasteiger partial charge in [0.2, 0.25) is 0 Å². The fourth-order valence-electron chi connectivity index (χ4n) is 2.70. The Labute approximate surface area is 148 Å². The van der Waals surface area contributed by atoms with Crippen molar-refractivity contribution < 1.29 is 19.1 Å². The number of amides is 3. The van der Waals surface area contributed by atoms with Gasteiger partial charge in [-0.2, -0.15) is 0 Å². The minimum Gasteiger partial charge on any atom is -0.497 e. The third-order valence-corrected chi connectivity index (χ3v) is 4.19. The van der Waals surface area contributed by atoms with Crippen molar-refractivity contribution in [2.45, 2.75) is 26.6 Å². The molecule has 0 bridgehead atoms. The average molecular weight is 349 g/mol. The van der Waals surface area contributed by atoms with E-state index in [1.807, 2.05) is 31.2 Å². The quantitative estimate of drug-likeness (QED) is 0.844. The summed E-state index contributed by atoms with van der Waals surface area (Å²) >= 11 is 0. The predicted molar refractivity (Wildman–Crippen MR) is 94.5 cm³/mol. The Morgan fingerprint density at radius 2 is 1.88 bits per heavy atom. The zero-order valence-electron chi connectivity index (χ0n) is 15.2. The molecule has 1 aromatic carbocycles. The highest BCUT2D eigenvalue weighted by Gasteiger charge is 2.27. The first kappa shape index (κ1) is 19.1. The molecule has 0 saturated carbocycles. The number of hydrogen-bond acceptors (Lipinski definition) is 4. The van der Waals surface area contributed by atoms with Crippen molar-refractivity contribution in [3.05, 3.63) is 29.8 Å². The van der Waals surface area contributed by atoms with Gasteiger partial charge in [-0.15, -0.1) is 0 Å². The molecule has 2 rings (SSSR count). The molecule has 1 heterocycles. The Bertz CT molecular complexity index is 585. The monoisotopic (exact) mass is 349 g/mol. The summed E-state index contributed by atoms with van der Waals surface area (Å²) in [5.74, 6) is 0.722. The van der Waals surface area contributed by atoms with Crippen LogP contribution in [-0.2, 0) is 16.1 Å². The van der Waals surface area contributed by atoms with Gasteiger partial charge in [0, 0.05) is 32.7 Å². The number of carbonyl (C=O) groups excluding carboxylic acids is 2. The number of benzene rings is 1. The van der Waals surface area contributed by atoms with Crippen molar-refractivity contribution in [3.8, 4) is 5.75 Å². The van der Waals surface area contributed by atoms with E-state index < -0.39 is 6.10 Å². The summed E-state index contributed by atoms with van der Waals surface area (Å²) < 4.78 is 10.9. The molecule has 0 aliphatic carbocycles. The summed E-state index contributed by atoms with van der Waals surface area (Å²) in [4.78, 5) is 27.8. The number of rotatable bonds is 6. The van der Waals surface area contributed by atoms with Crippen molar-refractivity contribution >= 4 is 11.9 Å². The van der Waals surface area contributed by atoms with Gasteiger partial charge in [0.25, 0.3) is 5.91 Å². The van der Waals surface area contributed by atoms with Crippen molar-refractivity contribution in [1.29, 1.82) is 0 Å². The molecule has 1 aromatic rings. The first-order valence-electron chi connectivity index (χ1n) is 8.61. The van der Waals surface area contributed by atoms with Crippen LogP contribution in [0.5, 0.6) is 5.75 Å². The van der Waals surface area contributed by atoms with E-state index >= 15 is 0 Å². The molecular formula is C18H27N3O4. The van der Waals surface area contributed by atoms with Crippen molar-refractivity contribution in [2.75, 3.05) is 39.8 Å². The zero-order valence-corrected chi connectivity index (χ0v) is 15.2. The van der Waals surface area contributed by atoms with Gasteiger partial charge < -0.3 is 24.6 Å². The molecule has 1 unspecified atom stereocenters. The van der Waals surface area contributed by atoms with E-state index in [1.54, 1.807) is 23.8 Å². The van der Waals surface area contributed by atoms with E-state index in [2.05, 4.69) is 5.32 Å². The van der Waals surface area contributed by atoms with E-state index in [-0.39, 0.29) is 11.9 Å². The Hall–Kier alpha value is -2.28. The summed E-state index contributed by atoms with van der Waals surface area (Å²) in [5, 5.41) is 2.78. The highest BCUT2D eigenvalue weighted by atomic mass is 16.5. The Balaban J connectivity index is 1.79. The third-order valence-electron chi connectivity index (χ3n) is 4.19. The topological polar surface area (TPSA) is 71.1 Å². The van der Waals surface area contributed by atoms with Crippen LogP contribution in [0.3, 0.4) is 0 Å². The first-order chi connectivity index (χ1) is 12.0. The van der Waals surface area contributed by atoms with Crippen LogP contribution in [0.15, 0.2) is 24.3 Å². The molecule has 1 saturated heterocycles. The number of piperazine rings is 1. The molecule has 0 radical (unpaired) electrons. The van der Waals surface area contributed by atoms with Gasteiger partial charge in [-0.05, 0) is 31.5 Å². The molecule has 25 heavy (non-hydrogen) atoms. The van der Waals surface area contributed by atoms with Gasteiger partial charge in [-0.1, -0.05) is 12.1 Å². The Kier molecular flexibility index (Phi) is 7.06. The number of nitrogens with one attached hydrogen (secondary N) is 1. The summed E-state index contributed by atoms with van der Waals surface area (Å²) in [6.45, 7) is 6.75. The summed E-state index contributed by atoms with van der Waals surface area (Å²) in [6.07, 6.45) is -0.526. The molecule has 3 amide bonds. The number of ether oxygens (including phenoxy) is 2. The molecule has 1 aliphatic rings. The minimum absolute atomic E-state index is 0.0431. The molecule has 138 valence electrons. The molecule has 1 N–H and O–H groups in total. The highest BCUT2D eigenvalue weighted by Crippen LogP contribution is 2.14. The van der Waals surface area contributed by atoms with Crippen LogP contribution in [0.4, 0.5) is 4.79 Å². The average Bonchev–Trinajstić information content (AvgIpc) is 2.66. The van der Waals surface area contributed by atoms with E-state index in [4.69, 9.17) is 9.47 Å². The molecular weight excluding hydrogens is 322 g/mol. The van der Waals surface area contributed by atoms with E-state index in [1.165, 1.54) is 0 Å². The second kappa shape index (κ2) is 9.27. The standard InChI is InChI=1S/C18H27N3O4/c1-4-19-18(23)21-10-8-20(9-11-21)17(22)14(2)25-13-15-6-5-7-16(12-15)24-3/h5-7,12,14H,4,8-11,13H2,1-3H3,(H,19,23). The zero-order chi connectivity index (χ0) is 18.2. The van der Waals surface area contributed by atoms with Crippen molar-refractivity contribution in [3.63, 3.8) is 0 Å². The normalized spacial score (nSPS) is 15.6. The molecule has 0 spiro atoms. The van der Waals surface area contributed by atoms with Crippen LogP contribution < -0.4 is 10.1 Å². The van der Waals surface area contributed by atoms with Crippen LogP contribution in [0, 0.1) is 0 Å². The predicted octanol–water partition coefficient (Wildman–Crippen LogP) is 1.47. The SMILES string of the molecule is CCNC(=O)N1CCN(C(=O)C(C)OCc2cccc(OC)c2)CC1. The Morgan fingerprint density at radius 3 is 2.52 bits per heavy atom. The van der Waals surface area contributed by atoms with Crippen LogP contribution in [0.25, 0.3) is 0 Å². The number of carbonyl (C=O) groups is 2. The van der Waals surface area contributed by atoms with Crippen molar-refractivity contribution in [1.82, 2.24) is 15.1 Å². The van der Waals surface area contributed by atoms with Gasteiger partial charge in [-0.25, -0.2) is 4.79 Å². The summed E-state index contributed by atoms with van der Waals surface area (Å²) in [6, 6.07) is 7.51. The van der Waals surface area contributed by atoms with Gasteiger partial charge in [0.15, 0.2) is 0 Å². The van der Waals surface area contributed by atoms with Crippen LogP contribution in [0.1, 0.15) is 19.4 Å². The second-order valence-corrected chi connectivity index (χ2v) is 5.95. The molecule has 7 nitrogen and oxygen atoms in total. The summed E-state index contributed by atoms with van der Waals surface area (Å²) in [7, 11) is 1.62. The first-order valence-corrected chi connectivity index (χ1v) is 8.61. The van der Waals surface area contributed by atoms with Gasteiger partial charge in [-0.3, -0.25) is 4.79 Å². The fourth-order valence-corrected chi connectivity index (χ4v) is 2.70. The van der Waals surface area contributed by atoms with E-state index in [0.717, 1.165) is 11.3 Å². The number of urea groups is 1. The van der Waals surface area contributed by atoms with Crippen molar-refractivity contribution in [2.24, 2.45) is 0 Å². The van der Waals surface area contributed by atoms with Crippen LogP contribution in [-0.4, -0.2) is 67.7 Å². The lowest BCUT2D eigenvalue weighted by Crippen LogP contribution is -2.54. The molecule has 1 aliphatic heterocycles. The van der Waals surface area contributed by atoms with E-state index in [9.17, 15) is 9.59 Å². The lowest BCUT2D eigenvalue weighted by molar-refractivity contribution is -0.144. The Morgan fingerprint density at radius 1 is 1.20 bits per heavy atom. The number of hydrogen-bond donors (Lipinski definition) is 1. The minimum atomic E-state index is -0.526. The van der Waals surface area contributed by atoms with Gasteiger partial charge >= 0.3 is 6.03 Å². The maximum Gasteiger partial charge on any atom is 0.317 e.